The van der Waals surface area contributed by atoms with E-state index in [1.165, 1.54) is 7.11 Å². The number of carbonyl (C=O) groups is 2. The van der Waals surface area contributed by atoms with E-state index < -0.39 is 85.8 Å². The molecule has 2 fully saturated rings. The molecule has 0 amide bonds. The minimum atomic E-state index is -1.43. The normalized spacial score (nSPS) is 35.1. The Hall–Kier alpha value is 0.540. The first kappa shape index (κ1) is 38.5. The summed E-state index contributed by atoms with van der Waals surface area (Å²) in [6.45, 7) is -0.382. The molecule has 14 nitrogen and oxygen atoms in total. The standard InChI is InChI=1S/C22H38O14.2Na/c1-3-11-13(6-33-9-17(23)24)35-16(22(30)19(11)27)8-32-4-12-14(7-34-10-18(25)26)36-15(5-31-2)21(29)20(12)28;;/h11-16,19-22,27-30H,3-10H2,1-2H3,(H,23,24)(H,25,26);;/q;2*+1/p-2/t11-,12-,13?,14+,15+,16+,19-,20?,21?,22?;;/m1../s1. The van der Waals surface area contributed by atoms with Crippen molar-refractivity contribution in [3.05, 3.63) is 0 Å². The third-order valence-corrected chi connectivity index (χ3v) is 6.39. The van der Waals surface area contributed by atoms with Gasteiger partial charge in [0, 0.05) is 18.9 Å². The number of aliphatic hydroxyl groups is 4. The number of aliphatic hydroxyl groups excluding tert-OH is 4. The van der Waals surface area contributed by atoms with E-state index in [9.17, 15) is 40.2 Å². The smallest absolute Gasteiger partial charge is 0.548 e. The van der Waals surface area contributed by atoms with Crippen LogP contribution in [-0.4, -0.2) is 135 Å². The molecule has 0 aromatic carbocycles. The van der Waals surface area contributed by atoms with Gasteiger partial charge in [-0.05, 0) is 6.42 Å². The number of hydrogen-bond donors (Lipinski definition) is 4. The van der Waals surface area contributed by atoms with Gasteiger partial charge in [0.25, 0.3) is 0 Å². The zero-order valence-corrected chi connectivity index (χ0v) is 26.3. The molecule has 2 rings (SSSR count). The molecule has 2 aliphatic heterocycles. The first-order chi connectivity index (χ1) is 17.1. The number of rotatable bonds is 15. The number of ether oxygens (including phenoxy) is 6. The summed E-state index contributed by atoms with van der Waals surface area (Å²) in [6, 6.07) is 0. The third-order valence-electron chi connectivity index (χ3n) is 6.39. The fourth-order valence-electron chi connectivity index (χ4n) is 4.51. The van der Waals surface area contributed by atoms with Crippen LogP contribution in [0, 0.1) is 11.8 Å². The first-order valence-electron chi connectivity index (χ1n) is 11.8. The van der Waals surface area contributed by atoms with Crippen LogP contribution < -0.4 is 69.3 Å². The topological polar surface area (TPSA) is 217 Å². The van der Waals surface area contributed by atoms with Crippen LogP contribution in [0.25, 0.3) is 0 Å². The molecule has 0 aromatic rings. The molecule has 0 aliphatic carbocycles. The summed E-state index contributed by atoms with van der Waals surface area (Å²) in [5.74, 6) is -4.19. The average molecular weight is 570 g/mol. The van der Waals surface area contributed by atoms with Crippen LogP contribution in [-0.2, 0) is 38.0 Å². The Morgan fingerprint density at radius 3 is 1.53 bits per heavy atom. The molecular formula is C22H36Na2O14. The fourth-order valence-corrected chi connectivity index (χ4v) is 4.51. The molecular weight excluding hydrogens is 534 g/mol. The van der Waals surface area contributed by atoms with E-state index in [0.717, 1.165) is 0 Å². The number of methoxy groups -OCH3 is 1. The van der Waals surface area contributed by atoms with Crippen LogP contribution in [0.1, 0.15) is 13.3 Å². The molecule has 10 atom stereocenters. The van der Waals surface area contributed by atoms with Crippen LogP contribution in [0.4, 0.5) is 0 Å². The Kier molecular flexibility index (Phi) is 19.9. The van der Waals surface area contributed by atoms with Gasteiger partial charge in [0.05, 0.1) is 82.6 Å². The maximum atomic E-state index is 10.7. The van der Waals surface area contributed by atoms with Crippen molar-refractivity contribution >= 4 is 11.9 Å². The molecule has 38 heavy (non-hydrogen) atoms. The maximum Gasteiger partial charge on any atom is 1.00 e. The van der Waals surface area contributed by atoms with E-state index in [4.69, 9.17) is 28.4 Å². The van der Waals surface area contributed by atoms with Crippen molar-refractivity contribution in [1.29, 1.82) is 0 Å². The minimum absolute atomic E-state index is 0. The molecule has 2 heterocycles. The summed E-state index contributed by atoms with van der Waals surface area (Å²) in [4.78, 5) is 21.3. The van der Waals surface area contributed by atoms with Gasteiger partial charge in [-0.2, -0.15) is 0 Å². The number of hydrogen-bond acceptors (Lipinski definition) is 14. The van der Waals surface area contributed by atoms with Crippen molar-refractivity contribution < 1.29 is 128 Å². The molecule has 0 spiro atoms. The van der Waals surface area contributed by atoms with Crippen LogP contribution in [0.15, 0.2) is 0 Å². The second-order valence-electron chi connectivity index (χ2n) is 8.89. The molecule has 2 saturated heterocycles. The largest absolute Gasteiger partial charge is 1.00 e. The molecule has 4 unspecified atom stereocenters. The molecule has 0 bridgehead atoms. The van der Waals surface area contributed by atoms with Crippen LogP contribution in [0.2, 0.25) is 0 Å². The number of carbonyl (C=O) groups excluding carboxylic acids is 2. The first-order valence-corrected chi connectivity index (χ1v) is 11.8. The Balaban J connectivity index is 0.00000684. The molecule has 2 aliphatic rings. The molecule has 210 valence electrons. The van der Waals surface area contributed by atoms with Gasteiger partial charge in [0.2, 0.25) is 0 Å². The second kappa shape index (κ2) is 19.6. The number of carboxylic acids is 2. The average Bonchev–Trinajstić information content (AvgIpc) is 2.81. The van der Waals surface area contributed by atoms with Crippen molar-refractivity contribution in [2.24, 2.45) is 11.8 Å². The van der Waals surface area contributed by atoms with E-state index in [1.807, 2.05) is 0 Å². The van der Waals surface area contributed by atoms with Gasteiger partial charge in [-0.25, -0.2) is 0 Å². The van der Waals surface area contributed by atoms with Gasteiger partial charge >= 0.3 is 59.1 Å². The fraction of sp³-hybridized carbons (Fsp3) is 0.909. The molecule has 0 radical (unpaired) electrons. The van der Waals surface area contributed by atoms with Gasteiger partial charge in [-0.1, -0.05) is 6.92 Å². The van der Waals surface area contributed by atoms with Gasteiger partial charge in [0.1, 0.15) is 24.4 Å². The SMILES string of the molecule is CC[C@@H]1C(COCC(=O)[O-])O[C@@H](COC[C@H]2C(O)C(O)[C@H](COC)O[C@H]2COCC(=O)[O-])C(O)[C@@H]1O.[Na+].[Na+]. The third kappa shape index (κ3) is 11.4. The second-order valence-corrected chi connectivity index (χ2v) is 8.89. The van der Waals surface area contributed by atoms with Gasteiger partial charge in [-0.3, -0.25) is 0 Å². The Morgan fingerprint density at radius 2 is 1.08 bits per heavy atom. The monoisotopic (exact) mass is 570 g/mol. The van der Waals surface area contributed by atoms with E-state index in [2.05, 4.69) is 0 Å². The van der Waals surface area contributed by atoms with E-state index in [1.54, 1.807) is 6.92 Å². The molecule has 16 heteroatoms. The van der Waals surface area contributed by atoms with Crippen molar-refractivity contribution in [2.75, 3.05) is 53.4 Å². The number of carboxylic acid groups (broad SMARTS) is 2. The summed E-state index contributed by atoms with van der Waals surface area (Å²) in [5, 5.41) is 63.4. The minimum Gasteiger partial charge on any atom is -0.548 e. The van der Waals surface area contributed by atoms with Gasteiger partial charge in [-0.15, -0.1) is 0 Å². The predicted octanol–water partition coefficient (Wildman–Crippen LogP) is -11.2. The van der Waals surface area contributed by atoms with Gasteiger partial charge in [0.15, 0.2) is 0 Å². The van der Waals surface area contributed by atoms with Crippen molar-refractivity contribution in [1.82, 2.24) is 0 Å². The Bertz CT molecular complexity index is 688. The summed E-state index contributed by atoms with van der Waals surface area (Å²) < 4.78 is 32.3. The van der Waals surface area contributed by atoms with E-state index >= 15 is 0 Å². The van der Waals surface area contributed by atoms with E-state index in [-0.39, 0.29) is 92.1 Å². The summed E-state index contributed by atoms with van der Waals surface area (Å²) in [6.07, 6.45) is -8.15. The van der Waals surface area contributed by atoms with Crippen molar-refractivity contribution in [3.8, 4) is 0 Å². The quantitative estimate of drug-likeness (QED) is 0.135. The zero-order valence-electron chi connectivity index (χ0n) is 22.3. The number of aliphatic carboxylic acids is 2. The molecule has 4 N–H and O–H groups in total. The van der Waals surface area contributed by atoms with E-state index in [0.29, 0.717) is 6.42 Å². The molecule has 0 aromatic heterocycles. The maximum absolute atomic E-state index is 10.7. The summed E-state index contributed by atoms with van der Waals surface area (Å²) in [5.41, 5.74) is 0. The Morgan fingerprint density at radius 1 is 0.658 bits per heavy atom. The molecule has 0 saturated carbocycles. The predicted molar refractivity (Wildman–Crippen MR) is 113 cm³/mol. The van der Waals surface area contributed by atoms with Crippen molar-refractivity contribution in [2.45, 2.75) is 62.2 Å². The van der Waals surface area contributed by atoms with Crippen LogP contribution >= 0.6 is 0 Å². The van der Waals surface area contributed by atoms with Gasteiger partial charge < -0.3 is 68.6 Å². The zero-order chi connectivity index (χ0) is 26.8. The van der Waals surface area contributed by atoms with Crippen molar-refractivity contribution in [3.63, 3.8) is 0 Å². The Labute approximate surface area is 265 Å². The van der Waals surface area contributed by atoms with Crippen LogP contribution in [0.3, 0.4) is 0 Å². The van der Waals surface area contributed by atoms with Crippen LogP contribution in [0.5, 0.6) is 0 Å². The summed E-state index contributed by atoms with van der Waals surface area (Å²) >= 11 is 0. The summed E-state index contributed by atoms with van der Waals surface area (Å²) in [7, 11) is 1.39.